The Kier molecular flexibility index (Phi) is 5.71. The number of aromatic nitrogens is 1. The number of nitrogens with two attached hydrogens (primary N) is 2. The molecule has 2 rings (SSSR count). The zero-order valence-electron chi connectivity index (χ0n) is 13.9. The number of carboxylic acid groups (broad SMARTS) is 1. The van der Waals surface area contributed by atoms with Gasteiger partial charge in [0, 0.05) is 11.6 Å². The van der Waals surface area contributed by atoms with Crippen molar-refractivity contribution in [3.8, 4) is 0 Å². The molecule has 0 bridgehead atoms. The van der Waals surface area contributed by atoms with Gasteiger partial charge in [-0.15, -0.1) is 0 Å². The molecule has 0 aliphatic rings. The summed E-state index contributed by atoms with van der Waals surface area (Å²) in [6, 6.07) is 8.38. The molecule has 0 aliphatic carbocycles. The first-order valence-electron chi connectivity index (χ1n) is 7.57. The minimum atomic E-state index is -1.05. The van der Waals surface area contributed by atoms with Crippen molar-refractivity contribution in [3.05, 3.63) is 84.2 Å². The second-order valence-corrected chi connectivity index (χ2v) is 5.25. The third kappa shape index (κ3) is 4.33. The quantitative estimate of drug-likeness (QED) is 0.425. The third-order valence-corrected chi connectivity index (χ3v) is 3.45. The minimum Gasteiger partial charge on any atom is -0.478 e. The lowest BCUT2D eigenvalue weighted by atomic mass is 10.1. The van der Waals surface area contributed by atoms with Crippen LogP contribution in [0.3, 0.4) is 0 Å². The van der Waals surface area contributed by atoms with Crippen molar-refractivity contribution >= 4 is 22.7 Å². The number of aromatic carboxylic acids is 1. The van der Waals surface area contributed by atoms with Crippen LogP contribution in [0.2, 0.25) is 0 Å². The van der Waals surface area contributed by atoms with Crippen molar-refractivity contribution in [2.75, 3.05) is 5.01 Å². The lowest BCUT2D eigenvalue weighted by Crippen LogP contribution is -2.27. The number of fused-ring (bicyclic) bond motifs is 1. The number of nitrogens with zero attached hydrogens (tertiary/aromatic N) is 2. The summed E-state index contributed by atoms with van der Waals surface area (Å²) in [7, 11) is 0. The molecule has 0 radical (unpaired) electrons. The maximum atomic E-state index is 11.5. The van der Waals surface area contributed by atoms with Crippen LogP contribution in [0.15, 0.2) is 78.7 Å². The highest BCUT2D eigenvalue weighted by molar-refractivity contribution is 6.03. The summed E-state index contributed by atoms with van der Waals surface area (Å²) in [5.74, 6) is 5.21. The van der Waals surface area contributed by atoms with E-state index in [0.29, 0.717) is 22.2 Å². The monoisotopic (exact) mass is 336 g/mol. The van der Waals surface area contributed by atoms with Crippen molar-refractivity contribution in [1.29, 1.82) is 0 Å². The number of carboxylic acids is 1. The summed E-state index contributed by atoms with van der Waals surface area (Å²) in [4.78, 5) is 15.9. The van der Waals surface area contributed by atoms with Gasteiger partial charge in [0.25, 0.3) is 0 Å². The van der Waals surface area contributed by atoms with E-state index < -0.39 is 5.97 Å². The summed E-state index contributed by atoms with van der Waals surface area (Å²) >= 11 is 0. The smallest absolute Gasteiger partial charge is 0.336 e. The van der Waals surface area contributed by atoms with Crippen LogP contribution in [0.4, 0.5) is 5.82 Å². The largest absolute Gasteiger partial charge is 0.478 e. The fourth-order valence-electron chi connectivity index (χ4n) is 2.15. The van der Waals surface area contributed by atoms with Crippen LogP contribution >= 0.6 is 0 Å². The van der Waals surface area contributed by atoms with E-state index in [4.69, 9.17) is 11.6 Å². The van der Waals surface area contributed by atoms with E-state index in [2.05, 4.69) is 11.6 Å². The van der Waals surface area contributed by atoms with Crippen molar-refractivity contribution in [2.45, 2.75) is 6.92 Å². The third-order valence-electron chi connectivity index (χ3n) is 3.45. The maximum absolute atomic E-state index is 11.5. The SMILES string of the molecule is C=C(/C=C\C=C/C)/C(N)=C/N(N)c1cc(C(=O)O)c2ccccc2n1. The average Bonchev–Trinajstić information content (AvgIpc) is 2.60. The zero-order chi connectivity index (χ0) is 18.4. The highest BCUT2D eigenvalue weighted by Gasteiger charge is 2.13. The number of anilines is 1. The molecule has 6 heteroatoms. The lowest BCUT2D eigenvalue weighted by molar-refractivity contribution is 0.0699. The van der Waals surface area contributed by atoms with Crippen molar-refractivity contribution in [3.63, 3.8) is 0 Å². The van der Waals surface area contributed by atoms with Crippen LogP contribution in [0.25, 0.3) is 10.9 Å². The van der Waals surface area contributed by atoms with Crippen LogP contribution in [-0.4, -0.2) is 16.1 Å². The highest BCUT2D eigenvalue weighted by Crippen LogP contribution is 2.22. The van der Waals surface area contributed by atoms with Gasteiger partial charge in [0.05, 0.1) is 16.8 Å². The summed E-state index contributed by atoms with van der Waals surface area (Å²) in [5, 5.41) is 11.2. The van der Waals surface area contributed by atoms with Gasteiger partial charge in [-0.1, -0.05) is 49.1 Å². The molecule has 0 aliphatic heterocycles. The number of carbonyl (C=O) groups is 1. The van der Waals surface area contributed by atoms with Gasteiger partial charge in [0.15, 0.2) is 0 Å². The molecule has 25 heavy (non-hydrogen) atoms. The van der Waals surface area contributed by atoms with Crippen molar-refractivity contribution in [1.82, 2.24) is 4.98 Å². The normalized spacial score (nSPS) is 12.2. The topological polar surface area (TPSA) is 105 Å². The fraction of sp³-hybridized carbons (Fsp3) is 0.0526. The molecular weight excluding hydrogens is 316 g/mol. The molecule has 0 spiro atoms. The predicted octanol–water partition coefficient (Wildman–Crippen LogP) is 3.10. The van der Waals surface area contributed by atoms with Crippen LogP contribution < -0.4 is 16.6 Å². The molecule has 1 heterocycles. The Bertz CT molecular complexity index is 897. The molecule has 6 nitrogen and oxygen atoms in total. The second-order valence-electron chi connectivity index (χ2n) is 5.25. The first-order chi connectivity index (χ1) is 11.9. The Balaban J connectivity index is 2.39. The Morgan fingerprint density at radius 2 is 2.04 bits per heavy atom. The fourth-order valence-corrected chi connectivity index (χ4v) is 2.15. The maximum Gasteiger partial charge on any atom is 0.336 e. The van der Waals surface area contributed by atoms with Crippen LogP contribution in [0.5, 0.6) is 0 Å². The lowest BCUT2D eigenvalue weighted by Gasteiger charge is -2.16. The summed E-state index contributed by atoms with van der Waals surface area (Å²) in [6.07, 6.45) is 8.73. The average molecular weight is 336 g/mol. The number of hydrogen-bond donors (Lipinski definition) is 3. The molecule has 0 atom stereocenters. The number of para-hydroxylation sites is 1. The Morgan fingerprint density at radius 1 is 1.32 bits per heavy atom. The number of rotatable bonds is 6. The Labute approximate surface area is 146 Å². The molecule has 0 saturated heterocycles. The van der Waals surface area contributed by atoms with Gasteiger partial charge in [-0.2, -0.15) is 0 Å². The van der Waals surface area contributed by atoms with Gasteiger partial charge < -0.3 is 10.8 Å². The number of pyridine rings is 1. The molecule has 0 fully saturated rings. The minimum absolute atomic E-state index is 0.120. The van der Waals surface area contributed by atoms with Crippen LogP contribution in [0.1, 0.15) is 17.3 Å². The van der Waals surface area contributed by atoms with E-state index in [9.17, 15) is 9.90 Å². The molecule has 0 unspecified atom stereocenters. The molecule has 5 N–H and O–H groups in total. The number of benzene rings is 1. The van der Waals surface area contributed by atoms with E-state index in [0.717, 1.165) is 0 Å². The van der Waals surface area contributed by atoms with Crippen molar-refractivity contribution < 1.29 is 9.90 Å². The van der Waals surface area contributed by atoms with E-state index in [1.807, 2.05) is 19.1 Å². The van der Waals surface area contributed by atoms with Crippen LogP contribution in [0, 0.1) is 0 Å². The standard InChI is InChI=1S/C19H20N4O2/c1-3-4-5-8-13(2)16(20)12-23(21)18-11-15(19(24)25)14-9-6-7-10-17(14)22-18/h3-12H,2,20-21H2,1H3,(H,24,25)/b4-3-,8-5-,16-12-. The predicted molar refractivity (Wildman–Crippen MR) is 101 cm³/mol. The second kappa shape index (κ2) is 7.94. The molecular formula is C19H20N4O2. The molecule has 2 aromatic rings. The molecule has 0 saturated carbocycles. The van der Waals surface area contributed by atoms with Gasteiger partial charge >= 0.3 is 5.97 Å². The number of hydrogen-bond acceptors (Lipinski definition) is 5. The first-order valence-corrected chi connectivity index (χ1v) is 7.57. The van der Waals surface area contributed by atoms with E-state index >= 15 is 0 Å². The van der Waals surface area contributed by atoms with Gasteiger partial charge in [0.2, 0.25) is 0 Å². The summed E-state index contributed by atoms with van der Waals surface area (Å²) in [5.41, 5.74) is 7.54. The Hall–Kier alpha value is -3.38. The number of allylic oxidation sites excluding steroid dienone is 4. The van der Waals surface area contributed by atoms with E-state index in [-0.39, 0.29) is 11.4 Å². The zero-order valence-corrected chi connectivity index (χ0v) is 13.9. The highest BCUT2D eigenvalue weighted by atomic mass is 16.4. The van der Waals surface area contributed by atoms with E-state index in [1.165, 1.54) is 17.3 Å². The van der Waals surface area contributed by atoms with Crippen molar-refractivity contribution in [2.24, 2.45) is 11.6 Å². The van der Waals surface area contributed by atoms with Gasteiger partial charge in [-0.25, -0.2) is 15.6 Å². The number of hydrazine groups is 1. The Morgan fingerprint density at radius 3 is 2.72 bits per heavy atom. The van der Waals surface area contributed by atoms with Gasteiger partial charge in [-0.05, 0) is 24.6 Å². The molecule has 1 aromatic carbocycles. The van der Waals surface area contributed by atoms with Gasteiger partial charge in [-0.3, -0.25) is 5.01 Å². The first kappa shape index (κ1) is 18.0. The van der Waals surface area contributed by atoms with Gasteiger partial charge in [0.1, 0.15) is 5.82 Å². The summed E-state index contributed by atoms with van der Waals surface area (Å²) in [6.45, 7) is 5.76. The summed E-state index contributed by atoms with van der Waals surface area (Å²) < 4.78 is 0. The molecule has 128 valence electrons. The van der Waals surface area contributed by atoms with Crippen LogP contribution in [-0.2, 0) is 0 Å². The molecule has 1 aromatic heterocycles. The van der Waals surface area contributed by atoms with E-state index in [1.54, 1.807) is 36.4 Å². The molecule has 0 amide bonds.